The molecule has 1 unspecified atom stereocenters. The normalized spacial score (nSPS) is 15.1. The first-order valence-electron chi connectivity index (χ1n) is 6.98. The summed E-state index contributed by atoms with van der Waals surface area (Å²) in [5.41, 5.74) is 0.700. The van der Waals surface area contributed by atoms with Crippen molar-refractivity contribution in [1.82, 2.24) is 0 Å². The van der Waals surface area contributed by atoms with Crippen LogP contribution in [-0.2, 0) is 14.3 Å². The van der Waals surface area contributed by atoms with Gasteiger partial charge in [0.1, 0.15) is 5.91 Å². The summed E-state index contributed by atoms with van der Waals surface area (Å²) in [7, 11) is -0.705. The number of ether oxygens (including phenoxy) is 2. The summed E-state index contributed by atoms with van der Waals surface area (Å²) in [6, 6.07) is 0. The van der Waals surface area contributed by atoms with E-state index in [1.54, 1.807) is 6.92 Å². The van der Waals surface area contributed by atoms with E-state index in [1.165, 1.54) is 0 Å². The van der Waals surface area contributed by atoms with Crippen LogP contribution < -0.4 is 0 Å². The zero-order chi connectivity index (χ0) is 15.0. The SMILES string of the molecule is CCC(C=C(C)C(=O)O)[SiH2]C(OC(C)C)OC(C)C. The van der Waals surface area contributed by atoms with Crippen LogP contribution in [0.2, 0.25) is 5.54 Å². The Bertz CT molecular complexity index is 290. The number of hydrogen-bond donors (Lipinski definition) is 1. The molecule has 5 heteroatoms. The first kappa shape index (κ1) is 18.3. The molecule has 0 saturated heterocycles. The van der Waals surface area contributed by atoms with Crippen LogP contribution in [0.5, 0.6) is 0 Å². The minimum atomic E-state index is -0.849. The fourth-order valence-corrected chi connectivity index (χ4v) is 4.08. The van der Waals surface area contributed by atoms with Crippen molar-refractivity contribution in [1.29, 1.82) is 0 Å². The third-order valence-corrected chi connectivity index (χ3v) is 4.88. The molecule has 0 radical (unpaired) electrons. The Labute approximate surface area is 119 Å². The van der Waals surface area contributed by atoms with Gasteiger partial charge >= 0.3 is 5.97 Å². The molecule has 0 aliphatic heterocycles. The second-order valence-corrected chi connectivity index (χ2v) is 7.54. The zero-order valence-corrected chi connectivity index (χ0v) is 14.4. The van der Waals surface area contributed by atoms with Gasteiger partial charge < -0.3 is 14.6 Å². The predicted molar refractivity (Wildman–Crippen MR) is 80.2 cm³/mol. The number of carbonyl (C=O) groups is 1. The maximum Gasteiger partial charge on any atom is 0.330 e. The number of carboxylic acid groups (broad SMARTS) is 1. The third-order valence-electron chi connectivity index (χ3n) is 2.69. The van der Waals surface area contributed by atoms with Gasteiger partial charge in [-0.2, -0.15) is 0 Å². The first-order chi connectivity index (χ1) is 8.76. The Balaban J connectivity index is 4.67. The highest BCUT2D eigenvalue weighted by molar-refractivity contribution is 6.39. The topological polar surface area (TPSA) is 55.8 Å². The van der Waals surface area contributed by atoms with E-state index < -0.39 is 15.5 Å². The lowest BCUT2D eigenvalue weighted by Crippen LogP contribution is -2.32. The van der Waals surface area contributed by atoms with Crippen LogP contribution in [0.4, 0.5) is 0 Å². The van der Waals surface area contributed by atoms with Gasteiger partial charge in [0, 0.05) is 5.57 Å². The minimum absolute atomic E-state index is 0.123. The van der Waals surface area contributed by atoms with Crippen LogP contribution in [0.3, 0.4) is 0 Å². The molecule has 0 bridgehead atoms. The maximum atomic E-state index is 10.9. The molecule has 0 aromatic rings. The molecule has 4 nitrogen and oxygen atoms in total. The average Bonchev–Trinajstić information content (AvgIpc) is 2.25. The fourth-order valence-electron chi connectivity index (χ4n) is 1.77. The summed E-state index contributed by atoms with van der Waals surface area (Å²) in [6.45, 7) is 11.7. The molecular formula is C14H28O4Si. The van der Waals surface area contributed by atoms with E-state index in [9.17, 15) is 4.79 Å². The summed E-state index contributed by atoms with van der Waals surface area (Å²) < 4.78 is 11.6. The second-order valence-electron chi connectivity index (χ2n) is 5.36. The molecule has 0 aliphatic rings. The van der Waals surface area contributed by atoms with Gasteiger partial charge in [0.25, 0.3) is 0 Å². The molecule has 0 amide bonds. The smallest absolute Gasteiger partial charge is 0.330 e. The summed E-state index contributed by atoms with van der Waals surface area (Å²) in [5, 5.41) is 8.94. The van der Waals surface area contributed by atoms with Crippen molar-refractivity contribution < 1.29 is 19.4 Å². The van der Waals surface area contributed by atoms with Crippen molar-refractivity contribution in [2.24, 2.45) is 0 Å². The second kappa shape index (κ2) is 9.28. The Kier molecular flexibility index (Phi) is 8.96. The van der Waals surface area contributed by atoms with E-state index in [-0.39, 0.29) is 18.1 Å². The van der Waals surface area contributed by atoms with Crippen molar-refractivity contribution >= 4 is 15.5 Å². The predicted octanol–water partition coefficient (Wildman–Crippen LogP) is 2.52. The molecule has 0 aromatic heterocycles. The summed E-state index contributed by atoms with van der Waals surface area (Å²) in [5.74, 6) is -0.999. The molecule has 0 aromatic carbocycles. The largest absolute Gasteiger partial charge is 0.478 e. The Morgan fingerprint density at radius 1 is 1.21 bits per heavy atom. The van der Waals surface area contributed by atoms with E-state index in [2.05, 4.69) is 6.92 Å². The van der Waals surface area contributed by atoms with Gasteiger partial charge in [0.15, 0.2) is 0 Å². The van der Waals surface area contributed by atoms with Gasteiger partial charge in [-0.05, 0) is 40.2 Å². The lowest BCUT2D eigenvalue weighted by atomic mass is 10.2. The number of allylic oxidation sites excluding steroid dienone is 1. The molecule has 1 N–H and O–H groups in total. The molecule has 0 spiro atoms. The lowest BCUT2D eigenvalue weighted by Gasteiger charge is -2.25. The van der Waals surface area contributed by atoms with Gasteiger partial charge in [0.05, 0.1) is 21.7 Å². The van der Waals surface area contributed by atoms with E-state index >= 15 is 0 Å². The first-order valence-corrected chi connectivity index (χ1v) is 8.62. The van der Waals surface area contributed by atoms with Crippen molar-refractivity contribution in [3.8, 4) is 0 Å². The highest BCUT2D eigenvalue weighted by atomic mass is 28.2. The van der Waals surface area contributed by atoms with Gasteiger partial charge in [-0.25, -0.2) is 4.79 Å². The van der Waals surface area contributed by atoms with Crippen molar-refractivity contribution in [2.45, 2.75) is 71.6 Å². The molecule has 0 aliphatic carbocycles. The number of rotatable bonds is 9. The summed E-state index contributed by atoms with van der Waals surface area (Å²) >= 11 is 0. The van der Waals surface area contributed by atoms with Crippen LogP contribution in [-0.4, -0.2) is 38.7 Å². The molecule has 0 heterocycles. The van der Waals surface area contributed by atoms with Gasteiger partial charge in [0.2, 0.25) is 0 Å². The average molecular weight is 288 g/mol. The van der Waals surface area contributed by atoms with E-state index in [0.717, 1.165) is 6.42 Å². The molecule has 112 valence electrons. The van der Waals surface area contributed by atoms with Crippen LogP contribution in [0.25, 0.3) is 0 Å². The van der Waals surface area contributed by atoms with Crippen LogP contribution in [0, 0.1) is 0 Å². The Morgan fingerprint density at radius 3 is 2.00 bits per heavy atom. The summed E-state index contributed by atoms with van der Waals surface area (Å²) in [4.78, 5) is 10.9. The van der Waals surface area contributed by atoms with Gasteiger partial charge in [-0.15, -0.1) is 0 Å². The number of hydrogen-bond acceptors (Lipinski definition) is 3. The monoisotopic (exact) mass is 288 g/mol. The third kappa shape index (κ3) is 8.97. The standard InChI is InChI=1S/C14H28O4Si/c1-7-12(8-11(6)13(15)16)19-14(17-9(2)3)18-10(4)5/h8-10,12,14H,7,19H2,1-6H3,(H,15,16). The lowest BCUT2D eigenvalue weighted by molar-refractivity contribution is -0.134. The van der Waals surface area contributed by atoms with Crippen molar-refractivity contribution in [3.63, 3.8) is 0 Å². The Morgan fingerprint density at radius 2 is 1.68 bits per heavy atom. The van der Waals surface area contributed by atoms with Crippen molar-refractivity contribution in [2.75, 3.05) is 0 Å². The quantitative estimate of drug-likeness (QED) is 0.402. The number of carboxylic acids is 1. The highest BCUT2D eigenvalue weighted by Crippen LogP contribution is 2.18. The highest BCUT2D eigenvalue weighted by Gasteiger charge is 2.19. The van der Waals surface area contributed by atoms with Gasteiger partial charge in [-0.1, -0.05) is 19.4 Å². The molecule has 0 saturated carbocycles. The van der Waals surface area contributed by atoms with Crippen LogP contribution >= 0.6 is 0 Å². The van der Waals surface area contributed by atoms with E-state index in [1.807, 2.05) is 33.8 Å². The Hall–Kier alpha value is -0.653. The molecule has 0 fully saturated rings. The molecular weight excluding hydrogens is 260 g/mol. The van der Waals surface area contributed by atoms with E-state index in [0.29, 0.717) is 11.1 Å². The molecule has 1 atom stereocenters. The molecule has 0 rings (SSSR count). The van der Waals surface area contributed by atoms with Gasteiger partial charge in [-0.3, -0.25) is 0 Å². The number of aliphatic carboxylic acids is 1. The van der Waals surface area contributed by atoms with E-state index in [4.69, 9.17) is 14.6 Å². The summed E-state index contributed by atoms with van der Waals surface area (Å²) in [6.07, 6.45) is 3.03. The fraction of sp³-hybridized carbons (Fsp3) is 0.786. The molecule has 19 heavy (non-hydrogen) atoms. The van der Waals surface area contributed by atoms with Crippen LogP contribution in [0.15, 0.2) is 11.6 Å². The maximum absolute atomic E-state index is 10.9. The van der Waals surface area contributed by atoms with Crippen LogP contribution in [0.1, 0.15) is 48.0 Å². The minimum Gasteiger partial charge on any atom is -0.478 e. The zero-order valence-electron chi connectivity index (χ0n) is 13.0. The van der Waals surface area contributed by atoms with Crippen molar-refractivity contribution in [3.05, 3.63) is 11.6 Å².